The van der Waals surface area contributed by atoms with Crippen LogP contribution in [0, 0.1) is 0 Å². The van der Waals surface area contributed by atoms with Crippen LogP contribution in [-0.4, -0.2) is 4.57 Å². The van der Waals surface area contributed by atoms with Gasteiger partial charge in [0, 0.05) is 33.3 Å². The highest BCUT2D eigenvalue weighted by Crippen LogP contribution is 2.60. The highest BCUT2D eigenvalue weighted by molar-refractivity contribution is 6.09. The number of aromatic nitrogens is 1. The molecule has 0 atom stereocenters. The van der Waals surface area contributed by atoms with Gasteiger partial charge in [0.25, 0.3) is 0 Å². The number of benzene rings is 12. The minimum Gasteiger partial charge on any atom is -0.309 e. The van der Waals surface area contributed by atoms with Crippen molar-refractivity contribution in [2.24, 2.45) is 0 Å². The Bertz CT molecular complexity index is 4240. The zero-order chi connectivity index (χ0) is 48.7. The molecule has 1 aromatic heterocycles. The average molecular weight is 941 g/mol. The van der Waals surface area contributed by atoms with Crippen molar-refractivity contribution in [3.63, 3.8) is 0 Å². The molecule has 0 saturated heterocycles. The Morgan fingerprint density at radius 3 is 1.70 bits per heavy atom. The van der Waals surface area contributed by atoms with E-state index in [1.807, 2.05) is 0 Å². The molecular formula is C72H48N2. The van der Waals surface area contributed by atoms with Crippen molar-refractivity contribution in [1.29, 1.82) is 0 Å². The summed E-state index contributed by atoms with van der Waals surface area (Å²) in [6.07, 6.45) is 0.939. The van der Waals surface area contributed by atoms with E-state index in [-0.39, 0.29) is 0 Å². The summed E-state index contributed by atoms with van der Waals surface area (Å²) in [6, 6.07) is 104. The van der Waals surface area contributed by atoms with Gasteiger partial charge in [0.05, 0.1) is 27.8 Å². The van der Waals surface area contributed by atoms with Crippen molar-refractivity contribution >= 4 is 49.6 Å². The van der Waals surface area contributed by atoms with E-state index in [4.69, 9.17) is 0 Å². The SMILES string of the molecule is c1ccc(C2(c3ccccc3)c3ccccc3-c3c(N(c4ccc(-c5cccc(-n6c7ccccc7c7ccccc76)c5)cc4)c4ccccc4-c4ccc5c(c4)-c4ccc6ccccc6c4C5)cccc32)cc1. The lowest BCUT2D eigenvalue weighted by molar-refractivity contribution is 0.768. The molecule has 12 aromatic carbocycles. The first-order chi connectivity index (χ1) is 36.7. The van der Waals surface area contributed by atoms with Gasteiger partial charge >= 0.3 is 0 Å². The molecule has 0 radical (unpaired) electrons. The molecule has 15 rings (SSSR count). The molecule has 0 bridgehead atoms. The highest BCUT2D eigenvalue weighted by atomic mass is 15.1. The lowest BCUT2D eigenvalue weighted by Crippen LogP contribution is -2.28. The number of fused-ring (bicyclic) bond motifs is 11. The third-order valence-corrected chi connectivity index (χ3v) is 16.1. The lowest BCUT2D eigenvalue weighted by Gasteiger charge is -2.34. The van der Waals surface area contributed by atoms with Crippen molar-refractivity contribution in [3.8, 4) is 50.2 Å². The van der Waals surface area contributed by atoms with Crippen molar-refractivity contribution in [2.75, 3.05) is 4.90 Å². The van der Waals surface area contributed by atoms with Crippen LogP contribution >= 0.6 is 0 Å². The van der Waals surface area contributed by atoms with Gasteiger partial charge in [0.2, 0.25) is 0 Å². The Morgan fingerprint density at radius 1 is 0.351 bits per heavy atom. The average Bonchev–Trinajstić information content (AvgIpc) is 4.14. The van der Waals surface area contributed by atoms with Crippen LogP contribution in [0.2, 0.25) is 0 Å². The minimum absolute atomic E-state index is 0.543. The zero-order valence-electron chi connectivity index (χ0n) is 40.7. The van der Waals surface area contributed by atoms with E-state index in [0.29, 0.717) is 0 Å². The molecule has 2 aliphatic rings. The molecule has 0 amide bonds. The van der Waals surface area contributed by atoms with Crippen LogP contribution in [0.4, 0.5) is 17.1 Å². The molecule has 0 unspecified atom stereocenters. The standard InChI is InChI=1S/C72H48N2/c1-3-21-53(22-4-1)72(54-23-5-2-6-24-54)65-31-13-9-30-62(65)71-66(72)32-18-36-70(71)73(67-33-14-10-27-58(67)51-37-38-52-47-64-57-26-8-7-19-49(57)41-44-59(64)63(52)46-51)55-42-39-48(40-43-55)50-20-17-25-56(45-50)74-68-34-15-11-28-60(68)61-29-12-16-35-69(61)74/h1-46H,47H2. The Kier molecular flexibility index (Phi) is 9.58. The van der Waals surface area contributed by atoms with Crippen molar-refractivity contribution in [2.45, 2.75) is 11.8 Å². The molecule has 346 valence electrons. The Hall–Kier alpha value is -9.50. The minimum atomic E-state index is -0.543. The third kappa shape index (κ3) is 6.31. The summed E-state index contributed by atoms with van der Waals surface area (Å²) < 4.78 is 2.40. The number of rotatable bonds is 8. The monoisotopic (exact) mass is 940 g/mol. The zero-order valence-corrected chi connectivity index (χ0v) is 40.7. The fourth-order valence-corrected chi connectivity index (χ4v) is 12.9. The molecule has 1 heterocycles. The van der Waals surface area contributed by atoms with E-state index in [1.165, 1.54) is 105 Å². The Labute approximate surface area is 431 Å². The van der Waals surface area contributed by atoms with Gasteiger partial charge in [-0.15, -0.1) is 0 Å². The molecular weight excluding hydrogens is 893 g/mol. The summed E-state index contributed by atoms with van der Waals surface area (Å²) in [5.74, 6) is 0. The fraction of sp³-hybridized carbons (Fsp3) is 0.0278. The van der Waals surface area contributed by atoms with Gasteiger partial charge in [-0.2, -0.15) is 0 Å². The van der Waals surface area contributed by atoms with Crippen LogP contribution in [0.5, 0.6) is 0 Å². The van der Waals surface area contributed by atoms with Gasteiger partial charge in [-0.05, 0) is 139 Å². The summed E-state index contributed by atoms with van der Waals surface area (Å²) in [6.45, 7) is 0. The molecule has 0 fully saturated rings. The molecule has 0 aliphatic heterocycles. The first kappa shape index (κ1) is 42.2. The lowest BCUT2D eigenvalue weighted by atomic mass is 9.68. The molecule has 2 heteroatoms. The van der Waals surface area contributed by atoms with Gasteiger partial charge in [-0.25, -0.2) is 0 Å². The van der Waals surface area contributed by atoms with Crippen molar-refractivity contribution in [1.82, 2.24) is 4.57 Å². The van der Waals surface area contributed by atoms with Crippen LogP contribution in [-0.2, 0) is 11.8 Å². The summed E-state index contributed by atoms with van der Waals surface area (Å²) in [5, 5.41) is 5.16. The summed E-state index contributed by atoms with van der Waals surface area (Å²) in [7, 11) is 0. The maximum Gasteiger partial charge on any atom is 0.0714 e. The number of para-hydroxylation sites is 3. The number of hydrogen-bond acceptors (Lipinski definition) is 1. The molecule has 0 N–H and O–H groups in total. The highest BCUT2D eigenvalue weighted by Gasteiger charge is 2.47. The van der Waals surface area contributed by atoms with E-state index in [9.17, 15) is 0 Å². The van der Waals surface area contributed by atoms with Gasteiger partial charge in [-0.1, -0.05) is 224 Å². The fourth-order valence-electron chi connectivity index (χ4n) is 12.9. The van der Waals surface area contributed by atoms with Crippen molar-refractivity contribution < 1.29 is 0 Å². The first-order valence-electron chi connectivity index (χ1n) is 25.8. The predicted octanol–water partition coefficient (Wildman–Crippen LogP) is 18.7. The van der Waals surface area contributed by atoms with Gasteiger partial charge in [0.1, 0.15) is 0 Å². The maximum atomic E-state index is 2.53. The Balaban J connectivity index is 0.930. The second kappa shape index (κ2) is 16.8. The van der Waals surface area contributed by atoms with E-state index >= 15 is 0 Å². The molecule has 0 saturated carbocycles. The molecule has 2 nitrogen and oxygen atoms in total. The van der Waals surface area contributed by atoms with E-state index in [2.05, 4.69) is 289 Å². The summed E-state index contributed by atoms with van der Waals surface area (Å²) >= 11 is 0. The largest absolute Gasteiger partial charge is 0.309 e. The van der Waals surface area contributed by atoms with E-state index in [0.717, 1.165) is 34.7 Å². The van der Waals surface area contributed by atoms with Crippen LogP contribution < -0.4 is 4.90 Å². The normalized spacial score (nSPS) is 12.9. The summed E-state index contributed by atoms with van der Waals surface area (Å²) in [4.78, 5) is 2.53. The topological polar surface area (TPSA) is 8.17 Å². The number of nitrogens with zero attached hydrogens (tertiary/aromatic N) is 2. The molecule has 0 spiro atoms. The van der Waals surface area contributed by atoms with Crippen LogP contribution in [0.15, 0.2) is 279 Å². The predicted molar refractivity (Wildman–Crippen MR) is 309 cm³/mol. The van der Waals surface area contributed by atoms with Crippen LogP contribution in [0.3, 0.4) is 0 Å². The smallest absolute Gasteiger partial charge is 0.0714 e. The quantitative estimate of drug-likeness (QED) is 0.147. The molecule has 2 aliphatic carbocycles. The van der Waals surface area contributed by atoms with Gasteiger partial charge < -0.3 is 9.47 Å². The van der Waals surface area contributed by atoms with Gasteiger partial charge in [-0.3, -0.25) is 0 Å². The van der Waals surface area contributed by atoms with Gasteiger partial charge in [0.15, 0.2) is 0 Å². The second-order valence-electron chi connectivity index (χ2n) is 19.9. The molecule has 74 heavy (non-hydrogen) atoms. The summed E-state index contributed by atoms with van der Waals surface area (Å²) in [5.41, 5.74) is 24.0. The van der Waals surface area contributed by atoms with E-state index < -0.39 is 5.41 Å². The van der Waals surface area contributed by atoms with Crippen LogP contribution in [0.25, 0.3) is 82.8 Å². The molecule has 13 aromatic rings. The van der Waals surface area contributed by atoms with Crippen molar-refractivity contribution in [3.05, 3.63) is 312 Å². The second-order valence-corrected chi connectivity index (χ2v) is 19.9. The van der Waals surface area contributed by atoms with Crippen LogP contribution in [0.1, 0.15) is 33.4 Å². The first-order valence-corrected chi connectivity index (χ1v) is 25.8. The Morgan fingerprint density at radius 2 is 0.946 bits per heavy atom. The van der Waals surface area contributed by atoms with E-state index in [1.54, 1.807) is 0 Å². The number of anilines is 3. The third-order valence-electron chi connectivity index (χ3n) is 16.1. The number of hydrogen-bond donors (Lipinski definition) is 0. The maximum absolute atomic E-state index is 2.53.